The first-order valence-corrected chi connectivity index (χ1v) is 32.9. The van der Waals surface area contributed by atoms with Gasteiger partial charge in [0.1, 0.15) is 13.2 Å². The van der Waals surface area contributed by atoms with E-state index in [0.717, 1.165) is 96.3 Å². The van der Waals surface area contributed by atoms with Gasteiger partial charge in [-0.25, -0.2) is 0 Å². The Morgan fingerprint density at radius 3 is 0.803 bits per heavy atom. The van der Waals surface area contributed by atoms with Gasteiger partial charge in [0.15, 0.2) is 6.10 Å². The normalized spacial score (nSPS) is 12.5. The van der Waals surface area contributed by atoms with Crippen molar-refractivity contribution >= 4 is 17.9 Å². The molecule has 6 nitrogen and oxygen atoms in total. The van der Waals surface area contributed by atoms with Crippen LogP contribution in [0.1, 0.15) is 335 Å². The van der Waals surface area contributed by atoms with E-state index in [2.05, 4.69) is 93.7 Å². The number of carbonyl (C=O) groups excluding carboxylic acids is 3. The molecule has 0 saturated carbocycles. The highest BCUT2D eigenvalue weighted by Crippen LogP contribution is 2.17. The molecule has 0 aromatic heterocycles. The zero-order chi connectivity index (χ0) is 55.0. The summed E-state index contributed by atoms with van der Waals surface area (Å²) in [6.45, 7) is 6.53. The van der Waals surface area contributed by atoms with Crippen molar-refractivity contribution in [3.8, 4) is 0 Å². The highest BCUT2D eigenvalue weighted by molar-refractivity contribution is 5.71. The Morgan fingerprint density at radius 1 is 0.276 bits per heavy atom. The first-order valence-electron chi connectivity index (χ1n) is 32.9. The van der Waals surface area contributed by atoms with Crippen LogP contribution in [0.5, 0.6) is 0 Å². The van der Waals surface area contributed by atoms with E-state index in [1.807, 2.05) is 0 Å². The molecule has 6 heteroatoms. The second-order valence-corrected chi connectivity index (χ2v) is 22.0. The van der Waals surface area contributed by atoms with Gasteiger partial charge in [0.2, 0.25) is 0 Å². The van der Waals surface area contributed by atoms with Crippen LogP contribution in [0.3, 0.4) is 0 Å². The van der Waals surface area contributed by atoms with Gasteiger partial charge >= 0.3 is 17.9 Å². The molecule has 0 amide bonds. The summed E-state index contributed by atoms with van der Waals surface area (Å²) in [4.78, 5) is 38.1. The van der Waals surface area contributed by atoms with Gasteiger partial charge in [-0.05, 0) is 70.6 Å². The van der Waals surface area contributed by atoms with Gasteiger partial charge in [0.25, 0.3) is 0 Å². The molecule has 0 aliphatic heterocycles. The molecule has 0 aromatic rings. The first-order chi connectivity index (χ1) is 37.5. The molecule has 0 fully saturated rings. The van der Waals surface area contributed by atoms with Gasteiger partial charge in [-0.15, -0.1) is 0 Å². The van der Waals surface area contributed by atoms with Crippen molar-refractivity contribution in [1.29, 1.82) is 0 Å². The van der Waals surface area contributed by atoms with E-state index < -0.39 is 6.10 Å². The van der Waals surface area contributed by atoms with Crippen LogP contribution in [0.15, 0.2) is 72.9 Å². The van der Waals surface area contributed by atoms with Gasteiger partial charge < -0.3 is 14.2 Å². The Balaban J connectivity index is 4.07. The molecular weight excluding hydrogens is 937 g/mol. The van der Waals surface area contributed by atoms with Crippen LogP contribution in [0, 0.1) is 0 Å². The minimum absolute atomic E-state index is 0.0708. The number of unbranched alkanes of at least 4 members (excludes halogenated alkanes) is 37. The summed E-state index contributed by atoms with van der Waals surface area (Å²) < 4.78 is 16.9. The van der Waals surface area contributed by atoms with Gasteiger partial charge in [-0.2, -0.15) is 0 Å². The lowest BCUT2D eigenvalue weighted by Crippen LogP contribution is -2.30. The summed E-state index contributed by atoms with van der Waals surface area (Å²) in [5.41, 5.74) is 0. The second kappa shape index (κ2) is 64.4. The Kier molecular flexibility index (Phi) is 61.7. The van der Waals surface area contributed by atoms with Gasteiger partial charge in [0.05, 0.1) is 0 Å². The molecule has 76 heavy (non-hydrogen) atoms. The van der Waals surface area contributed by atoms with E-state index in [-0.39, 0.29) is 31.1 Å². The van der Waals surface area contributed by atoms with Crippen molar-refractivity contribution in [2.45, 2.75) is 341 Å². The Bertz CT molecular complexity index is 1400. The van der Waals surface area contributed by atoms with E-state index >= 15 is 0 Å². The van der Waals surface area contributed by atoms with Crippen LogP contribution in [0.25, 0.3) is 0 Å². The number of rotatable bonds is 60. The Hall–Kier alpha value is -3.15. The maximum atomic E-state index is 12.9. The smallest absolute Gasteiger partial charge is 0.306 e. The van der Waals surface area contributed by atoms with E-state index in [1.165, 1.54) is 199 Å². The molecule has 0 aliphatic carbocycles. The molecule has 1 atom stereocenters. The fourth-order valence-corrected chi connectivity index (χ4v) is 9.57. The van der Waals surface area contributed by atoms with Crippen molar-refractivity contribution in [2.75, 3.05) is 13.2 Å². The third kappa shape index (κ3) is 61.7. The van der Waals surface area contributed by atoms with E-state index in [1.54, 1.807) is 0 Å². The van der Waals surface area contributed by atoms with Crippen LogP contribution >= 0.6 is 0 Å². The van der Waals surface area contributed by atoms with Crippen molar-refractivity contribution < 1.29 is 28.6 Å². The van der Waals surface area contributed by atoms with Crippen LogP contribution in [0.2, 0.25) is 0 Å². The lowest BCUT2D eigenvalue weighted by atomic mass is 10.0. The van der Waals surface area contributed by atoms with E-state index in [0.29, 0.717) is 19.3 Å². The van der Waals surface area contributed by atoms with Crippen LogP contribution in [0.4, 0.5) is 0 Å². The number of hydrogen-bond donors (Lipinski definition) is 0. The van der Waals surface area contributed by atoms with Crippen molar-refractivity contribution in [1.82, 2.24) is 0 Å². The van der Waals surface area contributed by atoms with Crippen molar-refractivity contribution in [2.24, 2.45) is 0 Å². The topological polar surface area (TPSA) is 78.9 Å². The third-order valence-electron chi connectivity index (χ3n) is 14.5. The number of hydrogen-bond acceptors (Lipinski definition) is 6. The number of allylic oxidation sites excluding steroid dienone is 12. The molecule has 0 N–H and O–H groups in total. The number of carbonyl (C=O) groups is 3. The second-order valence-electron chi connectivity index (χ2n) is 22.0. The summed E-state index contributed by atoms with van der Waals surface area (Å²) in [7, 11) is 0. The van der Waals surface area contributed by atoms with Crippen molar-refractivity contribution in [3.63, 3.8) is 0 Å². The highest BCUT2D eigenvalue weighted by Gasteiger charge is 2.19. The third-order valence-corrected chi connectivity index (χ3v) is 14.5. The molecule has 0 saturated heterocycles. The monoisotopic (exact) mass is 1060 g/mol. The summed E-state index contributed by atoms with van der Waals surface area (Å²) in [5, 5.41) is 0. The molecule has 0 aliphatic rings. The average molecular weight is 1060 g/mol. The minimum Gasteiger partial charge on any atom is -0.462 e. The van der Waals surface area contributed by atoms with E-state index in [9.17, 15) is 14.4 Å². The summed E-state index contributed by atoms with van der Waals surface area (Å²) in [5.74, 6) is -0.862. The van der Waals surface area contributed by atoms with Crippen LogP contribution in [-0.2, 0) is 28.6 Å². The highest BCUT2D eigenvalue weighted by atomic mass is 16.6. The minimum atomic E-state index is -0.770. The average Bonchev–Trinajstić information content (AvgIpc) is 3.42. The maximum absolute atomic E-state index is 12.9. The molecular formula is C70H124O6. The fourth-order valence-electron chi connectivity index (χ4n) is 9.57. The molecule has 0 radical (unpaired) electrons. The molecule has 0 heterocycles. The summed E-state index contributed by atoms with van der Waals surface area (Å²) in [6, 6.07) is 0. The van der Waals surface area contributed by atoms with Crippen LogP contribution in [-0.4, -0.2) is 37.2 Å². The Morgan fingerprint density at radius 2 is 0.513 bits per heavy atom. The summed E-state index contributed by atoms with van der Waals surface area (Å²) in [6.07, 6.45) is 83.7. The SMILES string of the molecule is CC/C=C\C/C=C\C/C=C\C/C=C\C/C=C\C/C=C\CCCCCCCCCCCCCCC(=O)OCC(COC(=O)CCCCCCCCC)OC(=O)CCCCCCCCCCCCCCCCCCCCCC. The molecule has 0 bridgehead atoms. The number of esters is 3. The standard InChI is InChI=1S/C70H124O6/c1-4-7-10-13-16-18-20-22-24-26-28-30-31-32-33-34-35-36-37-38-39-40-42-43-45-47-49-51-54-57-60-63-69(72)75-66-67(65-74-68(71)62-59-56-53-15-12-9-6-3)76-70(73)64-61-58-55-52-50-48-46-44-41-29-27-25-23-21-19-17-14-11-8-5-2/h7,10,16,18,22,24,28,30,32-33,35-36,67H,4-6,8-9,11-15,17,19-21,23,25-27,29,31,34,37-66H2,1-3H3/b10-7-,18-16-,24-22-,30-28-,33-32-,36-35-. The van der Waals surface area contributed by atoms with Gasteiger partial charge in [-0.3, -0.25) is 14.4 Å². The molecule has 1 unspecified atom stereocenters. The maximum Gasteiger partial charge on any atom is 0.306 e. The molecule has 440 valence electrons. The zero-order valence-corrected chi connectivity index (χ0v) is 50.5. The first kappa shape index (κ1) is 72.8. The zero-order valence-electron chi connectivity index (χ0n) is 50.5. The summed E-state index contributed by atoms with van der Waals surface area (Å²) >= 11 is 0. The lowest BCUT2D eigenvalue weighted by molar-refractivity contribution is -0.167. The molecule has 0 spiro atoms. The largest absolute Gasteiger partial charge is 0.462 e. The Labute approximate surface area is 472 Å². The van der Waals surface area contributed by atoms with Crippen molar-refractivity contribution in [3.05, 3.63) is 72.9 Å². The number of ether oxygens (including phenoxy) is 3. The van der Waals surface area contributed by atoms with Gasteiger partial charge in [-0.1, -0.05) is 318 Å². The predicted octanol–water partition coefficient (Wildman–Crippen LogP) is 22.5. The molecule has 0 aromatic carbocycles. The van der Waals surface area contributed by atoms with E-state index in [4.69, 9.17) is 14.2 Å². The quantitative estimate of drug-likeness (QED) is 0.0261. The predicted molar refractivity (Wildman–Crippen MR) is 330 cm³/mol. The molecule has 0 rings (SSSR count). The lowest BCUT2D eigenvalue weighted by Gasteiger charge is -2.18. The van der Waals surface area contributed by atoms with Gasteiger partial charge in [0, 0.05) is 19.3 Å². The fraction of sp³-hybridized carbons (Fsp3) is 0.786. The van der Waals surface area contributed by atoms with Crippen LogP contribution < -0.4 is 0 Å².